The van der Waals surface area contributed by atoms with E-state index in [9.17, 15) is 4.79 Å². The summed E-state index contributed by atoms with van der Waals surface area (Å²) >= 11 is 0. The predicted molar refractivity (Wildman–Crippen MR) is 73.0 cm³/mol. The molecule has 0 aliphatic carbocycles. The number of piperidine rings is 2. The lowest BCUT2D eigenvalue weighted by Gasteiger charge is -2.33. The highest BCUT2D eigenvalue weighted by Crippen LogP contribution is 2.17. The van der Waals surface area contributed by atoms with Gasteiger partial charge in [-0.25, -0.2) is 0 Å². The first-order chi connectivity index (χ1) is 9.29. The van der Waals surface area contributed by atoms with Gasteiger partial charge in [0, 0.05) is 20.2 Å². The maximum atomic E-state index is 12.1. The summed E-state index contributed by atoms with van der Waals surface area (Å²) < 4.78 is 10.9. The van der Waals surface area contributed by atoms with Crippen LogP contribution in [0.1, 0.15) is 25.7 Å². The number of likely N-dealkylation sites (tertiary alicyclic amines) is 1. The van der Waals surface area contributed by atoms with Crippen molar-refractivity contribution in [2.45, 2.75) is 31.8 Å². The molecule has 1 N–H and O–H groups in total. The third-order valence-corrected chi connectivity index (χ3v) is 4.00. The molecule has 1 atom stereocenters. The molecule has 0 bridgehead atoms. The molecular formula is C14H26N2O3. The minimum atomic E-state index is 0.138. The lowest BCUT2D eigenvalue weighted by Crippen LogP contribution is -2.43. The molecule has 19 heavy (non-hydrogen) atoms. The zero-order chi connectivity index (χ0) is 13.5. The number of methoxy groups -OCH3 is 1. The largest absolute Gasteiger partial charge is 0.384 e. The van der Waals surface area contributed by atoms with E-state index in [-0.39, 0.29) is 18.6 Å². The summed E-state index contributed by atoms with van der Waals surface area (Å²) in [6.45, 7) is 4.68. The van der Waals surface area contributed by atoms with E-state index in [1.165, 1.54) is 0 Å². The highest BCUT2D eigenvalue weighted by Gasteiger charge is 2.24. The zero-order valence-corrected chi connectivity index (χ0v) is 11.9. The average Bonchev–Trinajstić information content (AvgIpc) is 2.46. The number of hydrogen-bond acceptors (Lipinski definition) is 4. The van der Waals surface area contributed by atoms with E-state index in [1.54, 1.807) is 7.11 Å². The van der Waals surface area contributed by atoms with Crippen LogP contribution in [0.5, 0.6) is 0 Å². The molecule has 2 heterocycles. The first-order valence-corrected chi connectivity index (χ1v) is 7.38. The lowest BCUT2D eigenvalue weighted by atomic mass is 9.99. The van der Waals surface area contributed by atoms with Crippen molar-refractivity contribution in [3.05, 3.63) is 0 Å². The van der Waals surface area contributed by atoms with Crippen molar-refractivity contribution in [1.29, 1.82) is 0 Å². The normalized spacial score (nSPS) is 25.5. The van der Waals surface area contributed by atoms with Gasteiger partial charge in [0.15, 0.2) is 0 Å². The Bertz CT molecular complexity index is 278. The van der Waals surface area contributed by atoms with Gasteiger partial charge < -0.3 is 19.7 Å². The number of amides is 1. The van der Waals surface area contributed by atoms with E-state index in [0.29, 0.717) is 5.92 Å². The molecule has 2 aliphatic heterocycles. The van der Waals surface area contributed by atoms with Gasteiger partial charge in [-0.15, -0.1) is 0 Å². The molecule has 0 aromatic rings. The molecule has 5 nitrogen and oxygen atoms in total. The predicted octanol–water partition coefficient (Wildman–Crippen LogP) is 0.640. The molecule has 2 rings (SSSR count). The second-order valence-electron chi connectivity index (χ2n) is 5.56. The van der Waals surface area contributed by atoms with Crippen molar-refractivity contribution < 1.29 is 14.3 Å². The van der Waals surface area contributed by atoms with E-state index in [0.717, 1.165) is 58.5 Å². The Morgan fingerprint density at radius 2 is 2.11 bits per heavy atom. The Balaban J connectivity index is 1.69. The Morgan fingerprint density at radius 3 is 2.84 bits per heavy atom. The fourth-order valence-electron chi connectivity index (χ4n) is 2.91. The molecule has 0 aromatic carbocycles. The third kappa shape index (κ3) is 4.75. The molecule has 2 saturated heterocycles. The van der Waals surface area contributed by atoms with Crippen molar-refractivity contribution in [3.8, 4) is 0 Å². The monoisotopic (exact) mass is 270 g/mol. The quantitative estimate of drug-likeness (QED) is 0.796. The van der Waals surface area contributed by atoms with Crippen LogP contribution in [0.3, 0.4) is 0 Å². The number of rotatable bonds is 5. The third-order valence-electron chi connectivity index (χ3n) is 4.00. The molecule has 0 saturated carbocycles. The minimum absolute atomic E-state index is 0.138. The summed E-state index contributed by atoms with van der Waals surface area (Å²) in [4.78, 5) is 14.1. The van der Waals surface area contributed by atoms with Gasteiger partial charge in [0.25, 0.3) is 0 Å². The molecular weight excluding hydrogens is 244 g/mol. The van der Waals surface area contributed by atoms with Crippen molar-refractivity contribution in [3.63, 3.8) is 0 Å². The maximum Gasteiger partial charge on any atom is 0.248 e. The molecule has 0 spiro atoms. The summed E-state index contributed by atoms with van der Waals surface area (Å²) in [6, 6.07) is 0. The van der Waals surface area contributed by atoms with Crippen molar-refractivity contribution in [1.82, 2.24) is 10.2 Å². The van der Waals surface area contributed by atoms with Crippen LogP contribution >= 0.6 is 0 Å². The van der Waals surface area contributed by atoms with Crippen LogP contribution in [0.4, 0.5) is 0 Å². The number of hydrogen-bond donors (Lipinski definition) is 1. The van der Waals surface area contributed by atoms with Gasteiger partial charge in [0.2, 0.25) is 5.91 Å². The van der Waals surface area contributed by atoms with Crippen LogP contribution < -0.4 is 5.32 Å². The first-order valence-electron chi connectivity index (χ1n) is 7.38. The smallest absolute Gasteiger partial charge is 0.248 e. The molecule has 5 heteroatoms. The van der Waals surface area contributed by atoms with Crippen molar-refractivity contribution in [2.75, 3.05) is 46.5 Å². The van der Waals surface area contributed by atoms with Crippen molar-refractivity contribution in [2.24, 2.45) is 5.92 Å². The van der Waals surface area contributed by atoms with Gasteiger partial charge in [-0.3, -0.25) is 4.79 Å². The van der Waals surface area contributed by atoms with Crippen LogP contribution in [0.15, 0.2) is 0 Å². The highest BCUT2D eigenvalue weighted by molar-refractivity contribution is 5.77. The maximum absolute atomic E-state index is 12.1. The summed E-state index contributed by atoms with van der Waals surface area (Å²) in [5, 5.41) is 3.30. The van der Waals surface area contributed by atoms with Gasteiger partial charge >= 0.3 is 0 Å². The summed E-state index contributed by atoms with van der Waals surface area (Å²) in [7, 11) is 1.72. The van der Waals surface area contributed by atoms with Gasteiger partial charge in [-0.05, 0) is 44.7 Å². The fraction of sp³-hybridized carbons (Fsp3) is 0.929. The number of ether oxygens (including phenoxy) is 2. The van der Waals surface area contributed by atoms with E-state index >= 15 is 0 Å². The van der Waals surface area contributed by atoms with Crippen LogP contribution in [0, 0.1) is 5.92 Å². The van der Waals surface area contributed by atoms with Crippen LogP contribution in [0.25, 0.3) is 0 Å². The molecule has 110 valence electrons. The van der Waals surface area contributed by atoms with E-state index < -0.39 is 0 Å². The second-order valence-corrected chi connectivity index (χ2v) is 5.56. The first kappa shape index (κ1) is 14.8. The minimum Gasteiger partial charge on any atom is -0.384 e. The molecule has 0 radical (unpaired) electrons. The topological polar surface area (TPSA) is 50.8 Å². The van der Waals surface area contributed by atoms with Crippen LogP contribution in [0.2, 0.25) is 0 Å². The number of carbonyl (C=O) groups excluding carboxylic acids is 1. The van der Waals surface area contributed by atoms with E-state index in [4.69, 9.17) is 9.47 Å². The van der Waals surface area contributed by atoms with Crippen molar-refractivity contribution >= 4 is 5.91 Å². The average molecular weight is 270 g/mol. The Kier molecular flexibility index (Phi) is 6.07. The van der Waals surface area contributed by atoms with Gasteiger partial charge in [0.05, 0.1) is 12.7 Å². The molecule has 2 aliphatic rings. The second kappa shape index (κ2) is 7.82. The Hall–Kier alpha value is -0.650. The van der Waals surface area contributed by atoms with E-state index in [2.05, 4.69) is 5.32 Å². The molecule has 1 unspecified atom stereocenters. The summed E-state index contributed by atoms with van der Waals surface area (Å²) in [6.07, 6.45) is 4.52. The zero-order valence-electron chi connectivity index (χ0n) is 11.9. The Morgan fingerprint density at radius 1 is 1.32 bits per heavy atom. The van der Waals surface area contributed by atoms with Crippen LogP contribution in [-0.2, 0) is 14.3 Å². The lowest BCUT2D eigenvalue weighted by molar-refractivity contribution is -0.140. The summed E-state index contributed by atoms with van der Waals surface area (Å²) in [5.74, 6) is 0.626. The Labute approximate surface area is 115 Å². The standard InChI is InChI=1S/C14H26N2O3/c1-18-10-12-3-2-8-16(9-12)14(17)11-19-13-4-6-15-7-5-13/h12-13,15H,2-11H2,1H3. The molecule has 0 aromatic heterocycles. The highest BCUT2D eigenvalue weighted by atomic mass is 16.5. The number of nitrogens with zero attached hydrogens (tertiary/aromatic N) is 1. The fourth-order valence-corrected chi connectivity index (χ4v) is 2.91. The molecule has 1 amide bonds. The van der Waals surface area contributed by atoms with Gasteiger partial charge in [-0.1, -0.05) is 0 Å². The summed E-state index contributed by atoms with van der Waals surface area (Å²) in [5.41, 5.74) is 0. The number of carbonyl (C=O) groups is 1. The SMILES string of the molecule is COCC1CCCN(C(=O)COC2CCNCC2)C1. The number of nitrogens with one attached hydrogen (secondary N) is 1. The van der Waals surface area contributed by atoms with E-state index in [1.807, 2.05) is 4.90 Å². The molecule has 2 fully saturated rings. The van der Waals surface area contributed by atoms with Crippen LogP contribution in [-0.4, -0.2) is 63.4 Å². The van der Waals surface area contributed by atoms with Gasteiger partial charge in [0.1, 0.15) is 6.61 Å². The van der Waals surface area contributed by atoms with Gasteiger partial charge in [-0.2, -0.15) is 0 Å².